The molecule has 0 aliphatic carbocycles. The molecule has 2 fully saturated rings. The molecule has 2 heterocycles. The second kappa shape index (κ2) is 11.4. The van der Waals surface area contributed by atoms with E-state index in [4.69, 9.17) is 0 Å². The minimum absolute atomic E-state index is 0.0361. The number of hydrogen-bond donors (Lipinski definition) is 0. The first kappa shape index (κ1) is 29.8. The number of halogens is 6. The number of rotatable bonds is 6. The van der Waals surface area contributed by atoms with Gasteiger partial charge in [-0.25, -0.2) is 0 Å². The molecule has 0 bridgehead atoms. The zero-order valence-corrected chi connectivity index (χ0v) is 21.3. The van der Waals surface area contributed by atoms with Crippen molar-refractivity contribution in [3.05, 3.63) is 67.8 Å². The normalized spacial score (nSPS) is 17.1. The van der Waals surface area contributed by atoms with Crippen molar-refractivity contribution in [2.24, 2.45) is 0 Å². The summed E-state index contributed by atoms with van der Waals surface area (Å²) < 4.78 is 81.4. The highest BCUT2D eigenvalue weighted by molar-refractivity contribution is 5.78. The number of alkyl halides is 6. The number of nitrogens with zero attached hydrogens (tertiary/aromatic N) is 6. The maximum absolute atomic E-state index is 13.6. The molecule has 11 nitrogen and oxygen atoms in total. The van der Waals surface area contributed by atoms with Crippen LogP contribution in [0.25, 0.3) is 0 Å². The first-order valence-corrected chi connectivity index (χ1v) is 12.4. The molecule has 0 N–H and O–H groups in total. The molecule has 0 spiro atoms. The first-order chi connectivity index (χ1) is 19.1. The van der Waals surface area contributed by atoms with Gasteiger partial charge in [0.05, 0.1) is 27.5 Å². The fraction of sp³-hybridized carbons (Fsp3) is 0.458. The monoisotopic (exact) mass is 590 g/mol. The van der Waals surface area contributed by atoms with Crippen molar-refractivity contribution in [2.45, 2.75) is 12.4 Å². The first-order valence-electron chi connectivity index (χ1n) is 12.4. The number of nitro benzene ring substituents is 2. The van der Waals surface area contributed by atoms with E-state index >= 15 is 0 Å². The number of non-ortho nitro benzene ring substituents is 2. The largest absolute Gasteiger partial charge is 0.418 e. The number of amides is 1. The predicted molar refractivity (Wildman–Crippen MR) is 134 cm³/mol. The van der Waals surface area contributed by atoms with Crippen molar-refractivity contribution < 1.29 is 41.0 Å². The van der Waals surface area contributed by atoms with E-state index in [9.17, 15) is 51.4 Å². The minimum atomic E-state index is -4.81. The molecule has 2 aliphatic rings. The second-order valence-corrected chi connectivity index (χ2v) is 9.54. The highest BCUT2D eigenvalue weighted by atomic mass is 19.4. The Balaban J connectivity index is 1.34. The predicted octanol–water partition coefficient (Wildman–Crippen LogP) is 4.01. The highest BCUT2D eigenvalue weighted by Gasteiger charge is 2.39. The van der Waals surface area contributed by atoms with E-state index in [0.717, 1.165) is 24.3 Å². The van der Waals surface area contributed by atoms with E-state index in [1.54, 1.807) is 4.90 Å². The Bertz CT molecular complexity index is 1320. The number of carbonyl (C=O) groups excluding carboxylic acids is 1. The summed E-state index contributed by atoms with van der Waals surface area (Å²) in [5.41, 5.74) is -4.00. The molecule has 41 heavy (non-hydrogen) atoms. The molecule has 0 aromatic heterocycles. The van der Waals surface area contributed by atoms with Crippen molar-refractivity contribution in [3.63, 3.8) is 0 Å². The van der Waals surface area contributed by atoms with Crippen LogP contribution in [0.15, 0.2) is 36.4 Å². The van der Waals surface area contributed by atoms with Gasteiger partial charge in [-0.3, -0.25) is 29.9 Å². The third-order valence-electron chi connectivity index (χ3n) is 7.04. The SMILES string of the molecule is O=C(CN1CCN(c2ccc([N+](=O)[O-])cc2C(F)(F)F)CC1)N1CCN(c2ccc([N+](=O)[O-])cc2C(F)(F)F)CC1. The summed E-state index contributed by atoms with van der Waals surface area (Å²) in [6.07, 6.45) is -9.61. The lowest BCUT2D eigenvalue weighted by molar-refractivity contribution is -0.385. The molecule has 0 radical (unpaired) electrons. The Morgan fingerprint density at radius 2 is 1.07 bits per heavy atom. The lowest BCUT2D eigenvalue weighted by atomic mass is 10.1. The van der Waals surface area contributed by atoms with Crippen LogP contribution in [0.4, 0.5) is 49.1 Å². The zero-order chi connectivity index (χ0) is 30.1. The van der Waals surface area contributed by atoms with Gasteiger partial charge in [-0.05, 0) is 12.1 Å². The van der Waals surface area contributed by atoms with Gasteiger partial charge >= 0.3 is 12.4 Å². The number of carbonyl (C=O) groups is 1. The molecule has 1 amide bonds. The number of piperazine rings is 2. The summed E-state index contributed by atoms with van der Waals surface area (Å²) in [5.74, 6) is -0.288. The molecule has 17 heteroatoms. The van der Waals surface area contributed by atoms with Gasteiger partial charge in [-0.1, -0.05) is 0 Å². The van der Waals surface area contributed by atoms with Gasteiger partial charge in [-0.2, -0.15) is 26.3 Å². The van der Waals surface area contributed by atoms with Crippen LogP contribution in [0.2, 0.25) is 0 Å². The minimum Gasteiger partial charge on any atom is -0.368 e. The lowest BCUT2D eigenvalue weighted by Gasteiger charge is -2.40. The fourth-order valence-corrected chi connectivity index (χ4v) is 4.92. The molecule has 222 valence electrons. The van der Waals surface area contributed by atoms with Gasteiger partial charge in [-0.15, -0.1) is 0 Å². The van der Waals surface area contributed by atoms with Gasteiger partial charge in [0.15, 0.2) is 0 Å². The van der Waals surface area contributed by atoms with Crippen LogP contribution >= 0.6 is 0 Å². The molecule has 2 aromatic rings. The smallest absolute Gasteiger partial charge is 0.368 e. The van der Waals surface area contributed by atoms with Crippen LogP contribution in [-0.4, -0.2) is 84.5 Å². The fourth-order valence-electron chi connectivity index (χ4n) is 4.92. The van der Waals surface area contributed by atoms with Gasteiger partial charge in [0.25, 0.3) is 11.4 Å². The van der Waals surface area contributed by atoms with Crippen LogP contribution in [0.3, 0.4) is 0 Å². The highest BCUT2D eigenvalue weighted by Crippen LogP contribution is 2.40. The maximum atomic E-state index is 13.6. The third-order valence-corrected chi connectivity index (χ3v) is 7.04. The van der Waals surface area contributed by atoms with Gasteiger partial charge in [0.1, 0.15) is 0 Å². The van der Waals surface area contributed by atoms with Crippen LogP contribution in [0.5, 0.6) is 0 Å². The summed E-state index contributed by atoms with van der Waals surface area (Å²) in [6, 6.07) is 5.11. The molecule has 4 rings (SSSR count). The Hall–Kier alpha value is -4.15. The van der Waals surface area contributed by atoms with Crippen molar-refractivity contribution >= 4 is 28.7 Å². The standard InChI is InChI=1S/C24H24F6N6O5/c25-23(26,27)18-13-16(35(38)39)1-3-20(18)32-7-5-31(6-8-32)15-22(37)34-11-9-33(10-12-34)21-4-2-17(36(40)41)14-19(21)24(28,29)30/h1-4,13-14H,5-12,15H2. The summed E-state index contributed by atoms with van der Waals surface area (Å²) >= 11 is 0. The molecule has 0 unspecified atom stereocenters. The third kappa shape index (κ3) is 6.78. The molecule has 2 aliphatic heterocycles. The quantitative estimate of drug-likeness (QED) is 0.282. The zero-order valence-electron chi connectivity index (χ0n) is 21.3. The number of anilines is 2. The summed E-state index contributed by atoms with van der Waals surface area (Å²) in [5, 5.41) is 21.9. The molecular weight excluding hydrogens is 566 g/mol. The van der Waals surface area contributed by atoms with E-state index in [2.05, 4.69) is 0 Å². The Labute approximate surface area is 228 Å². The lowest BCUT2D eigenvalue weighted by Crippen LogP contribution is -2.54. The molecule has 0 atom stereocenters. The number of hydrogen-bond acceptors (Lipinski definition) is 8. The van der Waals surface area contributed by atoms with E-state index in [0.29, 0.717) is 12.1 Å². The van der Waals surface area contributed by atoms with E-state index in [1.807, 2.05) is 0 Å². The molecule has 0 saturated carbocycles. The number of nitro groups is 2. The van der Waals surface area contributed by atoms with Crippen molar-refractivity contribution in [1.29, 1.82) is 0 Å². The Kier molecular flexibility index (Phi) is 8.28. The van der Waals surface area contributed by atoms with Crippen molar-refractivity contribution in [1.82, 2.24) is 9.80 Å². The summed E-state index contributed by atoms with van der Waals surface area (Å²) in [6.45, 7) is 1.11. The topological polar surface area (TPSA) is 116 Å². The maximum Gasteiger partial charge on any atom is 0.418 e. The average Bonchev–Trinajstić information content (AvgIpc) is 2.92. The van der Waals surface area contributed by atoms with Crippen molar-refractivity contribution in [3.8, 4) is 0 Å². The van der Waals surface area contributed by atoms with Crippen LogP contribution in [-0.2, 0) is 17.1 Å². The van der Waals surface area contributed by atoms with Gasteiger partial charge < -0.3 is 14.7 Å². The van der Waals surface area contributed by atoms with Crippen LogP contribution in [0.1, 0.15) is 11.1 Å². The second-order valence-electron chi connectivity index (χ2n) is 9.54. The average molecular weight is 590 g/mol. The van der Waals surface area contributed by atoms with E-state index in [-0.39, 0.29) is 76.2 Å². The van der Waals surface area contributed by atoms with Gasteiger partial charge in [0.2, 0.25) is 5.91 Å². The van der Waals surface area contributed by atoms with Gasteiger partial charge in [0, 0.05) is 88.0 Å². The van der Waals surface area contributed by atoms with E-state index < -0.39 is 44.7 Å². The summed E-state index contributed by atoms with van der Waals surface area (Å²) in [7, 11) is 0. The van der Waals surface area contributed by atoms with Crippen LogP contribution < -0.4 is 9.80 Å². The number of benzene rings is 2. The Morgan fingerprint density at radius 3 is 1.44 bits per heavy atom. The summed E-state index contributed by atoms with van der Waals surface area (Å²) in [4.78, 5) is 39.0. The molecular formula is C24H24F6N6O5. The molecule has 2 aromatic carbocycles. The molecule has 2 saturated heterocycles. The van der Waals surface area contributed by atoms with Crippen LogP contribution in [0, 0.1) is 20.2 Å². The Morgan fingerprint density at radius 1 is 0.683 bits per heavy atom. The van der Waals surface area contributed by atoms with E-state index in [1.165, 1.54) is 14.7 Å². The van der Waals surface area contributed by atoms with Crippen molar-refractivity contribution in [2.75, 3.05) is 68.7 Å².